The number of ketones is 1. The van der Waals surface area contributed by atoms with Gasteiger partial charge in [0.25, 0.3) is 0 Å². The molecule has 166 valence electrons. The molecule has 1 heterocycles. The standard InChI is InChI=1S/C25H28N4O3/c1-25(2,3)32-24(31)29-23(26)18-10-12-19(13-11-18)27-15-6-8-17-7-4-5-9-20(17)22(30)21-14-16-28-21/h4-5,7,9-13,21,27-28H,14-16H2,1-3H3,(H2,26,29,31). The number of nitrogens with one attached hydrogen (secondary N) is 4. The van der Waals surface area contributed by atoms with Gasteiger partial charge < -0.3 is 15.4 Å². The van der Waals surface area contributed by atoms with E-state index in [0.29, 0.717) is 17.7 Å². The zero-order valence-corrected chi connectivity index (χ0v) is 18.5. The number of hydrogen-bond donors (Lipinski definition) is 4. The molecule has 0 aromatic heterocycles. The fourth-order valence-corrected chi connectivity index (χ4v) is 3.03. The predicted octanol–water partition coefficient (Wildman–Crippen LogP) is 3.54. The highest BCUT2D eigenvalue weighted by Crippen LogP contribution is 2.15. The first-order valence-corrected chi connectivity index (χ1v) is 10.5. The van der Waals surface area contributed by atoms with Gasteiger partial charge in [0.2, 0.25) is 0 Å². The maximum atomic E-state index is 12.5. The number of hydrogen-bond acceptors (Lipinski definition) is 6. The second-order valence-electron chi connectivity index (χ2n) is 8.44. The first-order chi connectivity index (χ1) is 15.2. The SMILES string of the molecule is CC(C)(C)OC(=O)NC(=N)c1ccc(NCC#Cc2ccccc2C(=O)C2CCN2)cc1. The fourth-order valence-electron chi connectivity index (χ4n) is 3.03. The number of amidine groups is 1. The van der Waals surface area contributed by atoms with Crippen LogP contribution in [-0.4, -0.2) is 42.4 Å². The quantitative estimate of drug-likeness (QED) is 0.250. The molecule has 0 aliphatic carbocycles. The highest BCUT2D eigenvalue weighted by atomic mass is 16.6. The Labute approximate surface area is 188 Å². The molecule has 7 heteroatoms. The molecular weight excluding hydrogens is 404 g/mol. The molecule has 3 rings (SSSR count). The molecular formula is C25H28N4O3. The minimum atomic E-state index is -0.660. The van der Waals surface area contributed by atoms with Crippen molar-refractivity contribution in [1.29, 1.82) is 5.41 Å². The molecule has 32 heavy (non-hydrogen) atoms. The molecule has 2 aromatic rings. The Kier molecular flexibility index (Phi) is 7.29. The molecule has 0 radical (unpaired) electrons. The number of carbonyl (C=O) groups is 2. The molecule has 4 N–H and O–H groups in total. The van der Waals surface area contributed by atoms with Gasteiger partial charge in [-0.3, -0.25) is 15.5 Å². The van der Waals surface area contributed by atoms with E-state index in [1.54, 1.807) is 32.9 Å². The molecule has 7 nitrogen and oxygen atoms in total. The smallest absolute Gasteiger partial charge is 0.413 e. The largest absolute Gasteiger partial charge is 0.444 e. The lowest BCUT2D eigenvalue weighted by Crippen LogP contribution is -2.48. The van der Waals surface area contributed by atoms with Crippen molar-refractivity contribution in [2.24, 2.45) is 0 Å². The molecule has 1 fully saturated rings. The van der Waals surface area contributed by atoms with Crippen LogP contribution < -0.4 is 16.0 Å². The Morgan fingerprint density at radius 1 is 1.16 bits per heavy atom. The highest BCUT2D eigenvalue weighted by Gasteiger charge is 2.26. The second-order valence-corrected chi connectivity index (χ2v) is 8.44. The minimum absolute atomic E-state index is 0.0344. The van der Waals surface area contributed by atoms with Crippen molar-refractivity contribution < 1.29 is 14.3 Å². The molecule has 0 saturated carbocycles. The van der Waals surface area contributed by atoms with Crippen LogP contribution in [0.15, 0.2) is 48.5 Å². The summed E-state index contributed by atoms with van der Waals surface area (Å²) in [5.41, 5.74) is 2.14. The van der Waals surface area contributed by atoms with E-state index in [4.69, 9.17) is 10.1 Å². The van der Waals surface area contributed by atoms with Crippen molar-refractivity contribution >= 4 is 23.4 Å². The first-order valence-electron chi connectivity index (χ1n) is 10.5. The summed E-state index contributed by atoms with van der Waals surface area (Å²) in [5.74, 6) is 6.19. The lowest BCUT2D eigenvalue weighted by atomic mass is 9.93. The van der Waals surface area contributed by atoms with Crippen molar-refractivity contribution in [2.75, 3.05) is 18.4 Å². The number of benzene rings is 2. The van der Waals surface area contributed by atoms with E-state index in [0.717, 1.165) is 24.2 Å². The molecule has 1 unspecified atom stereocenters. The third-order valence-electron chi connectivity index (χ3n) is 4.74. The van der Waals surface area contributed by atoms with Gasteiger partial charge in [-0.2, -0.15) is 0 Å². The Hall–Kier alpha value is -3.63. The van der Waals surface area contributed by atoms with Crippen LogP contribution in [0.5, 0.6) is 0 Å². The number of alkyl carbamates (subject to hydrolysis) is 1. The Morgan fingerprint density at radius 3 is 2.47 bits per heavy atom. The van der Waals surface area contributed by atoms with E-state index in [2.05, 4.69) is 27.8 Å². The monoisotopic (exact) mass is 432 g/mol. The van der Waals surface area contributed by atoms with Crippen LogP contribution in [0.2, 0.25) is 0 Å². The van der Waals surface area contributed by atoms with Gasteiger partial charge in [-0.15, -0.1) is 0 Å². The van der Waals surface area contributed by atoms with Gasteiger partial charge in [0, 0.05) is 22.4 Å². The molecule has 1 aliphatic heterocycles. The average Bonchev–Trinajstić information content (AvgIpc) is 2.69. The van der Waals surface area contributed by atoms with Crippen molar-refractivity contribution in [3.05, 3.63) is 65.2 Å². The number of ether oxygens (including phenoxy) is 1. The average molecular weight is 433 g/mol. The third-order valence-corrected chi connectivity index (χ3v) is 4.74. The summed E-state index contributed by atoms with van der Waals surface area (Å²) < 4.78 is 5.16. The van der Waals surface area contributed by atoms with E-state index in [-0.39, 0.29) is 17.7 Å². The Balaban J connectivity index is 1.54. The first kappa shape index (κ1) is 23.0. The topological polar surface area (TPSA) is 103 Å². The van der Waals surface area contributed by atoms with Crippen LogP contribution in [-0.2, 0) is 4.74 Å². The van der Waals surface area contributed by atoms with Gasteiger partial charge >= 0.3 is 6.09 Å². The van der Waals surface area contributed by atoms with Crippen molar-refractivity contribution in [1.82, 2.24) is 10.6 Å². The maximum Gasteiger partial charge on any atom is 0.413 e. The van der Waals surface area contributed by atoms with Crippen molar-refractivity contribution in [3.8, 4) is 11.8 Å². The van der Waals surface area contributed by atoms with E-state index in [1.807, 2.05) is 36.4 Å². The van der Waals surface area contributed by atoms with Crippen LogP contribution in [0.25, 0.3) is 0 Å². The molecule has 1 atom stereocenters. The summed E-state index contributed by atoms with van der Waals surface area (Å²) >= 11 is 0. The number of Topliss-reactive ketones (excluding diaryl/α,β-unsaturated/α-hetero) is 1. The summed E-state index contributed by atoms with van der Waals surface area (Å²) in [7, 11) is 0. The third kappa shape index (κ3) is 6.43. The zero-order chi connectivity index (χ0) is 23.1. The zero-order valence-electron chi connectivity index (χ0n) is 18.5. The predicted molar refractivity (Wildman–Crippen MR) is 125 cm³/mol. The number of amides is 1. The summed E-state index contributed by atoms with van der Waals surface area (Å²) in [4.78, 5) is 24.3. The van der Waals surface area contributed by atoms with Crippen LogP contribution >= 0.6 is 0 Å². The van der Waals surface area contributed by atoms with Gasteiger partial charge in [-0.25, -0.2) is 4.79 Å². The normalized spacial score (nSPS) is 14.9. The molecule has 0 spiro atoms. The van der Waals surface area contributed by atoms with E-state index < -0.39 is 11.7 Å². The highest BCUT2D eigenvalue weighted by molar-refractivity contribution is 6.04. The summed E-state index contributed by atoms with van der Waals surface area (Å²) in [6.45, 7) is 6.57. The van der Waals surface area contributed by atoms with Gasteiger partial charge in [0.1, 0.15) is 11.4 Å². The Morgan fingerprint density at radius 2 is 1.84 bits per heavy atom. The van der Waals surface area contributed by atoms with Gasteiger partial charge in [-0.05, 0) is 64.1 Å². The summed E-state index contributed by atoms with van der Waals surface area (Å²) in [6, 6.07) is 14.4. The summed E-state index contributed by atoms with van der Waals surface area (Å²) in [6.07, 6.45) is 0.204. The minimum Gasteiger partial charge on any atom is -0.444 e. The van der Waals surface area contributed by atoms with E-state index >= 15 is 0 Å². The van der Waals surface area contributed by atoms with Crippen molar-refractivity contribution in [3.63, 3.8) is 0 Å². The van der Waals surface area contributed by atoms with Gasteiger partial charge in [0.15, 0.2) is 5.78 Å². The molecule has 1 aliphatic rings. The number of carbonyl (C=O) groups excluding carboxylic acids is 2. The molecule has 0 bridgehead atoms. The molecule has 2 aromatic carbocycles. The van der Waals surface area contributed by atoms with Crippen LogP contribution in [0.4, 0.5) is 10.5 Å². The van der Waals surface area contributed by atoms with Crippen LogP contribution in [0.3, 0.4) is 0 Å². The van der Waals surface area contributed by atoms with Gasteiger partial charge in [-0.1, -0.05) is 30.0 Å². The lowest BCUT2D eigenvalue weighted by molar-refractivity contribution is 0.0563. The fraction of sp³-hybridized carbons (Fsp3) is 0.320. The molecule has 1 saturated heterocycles. The lowest BCUT2D eigenvalue weighted by Gasteiger charge is -2.26. The van der Waals surface area contributed by atoms with Crippen LogP contribution in [0, 0.1) is 17.3 Å². The van der Waals surface area contributed by atoms with Crippen LogP contribution in [0.1, 0.15) is 48.7 Å². The van der Waals surface area contributed by atoms with Gasteiger partial charge in [0.05, 0.1) is 12.6 Å². The Bertz CT molecular complexity index is 1060. The molecule has 1 amide bonds. The van der Waals surface area contributed by atoms with Crippen molar-refractivity contribution in [2.45, 2.75) is 38.8 Å². The second kappa shape index (κ2) is 10.1. The number of rotatable bonds is 5. The van der Waals surface area contributed by atoms with E-state index in [9.17, 15) is 9.59 Å². The number of anilines is 1. The summed E-state index contributed by atoms with van der Waals surface area (Å²) in [5, 5.41) is 16.8. The maximum absolute atomic E-state index is 12.5. The van der Waals surface area contributed by atoms with E-state index in [1.165, 1.54) is 0 Å².